The van der Waals surface area contributed by atoms with E-state index in [-0.39, 0.29) is 52.7 Å². The summed E-state index contributed by atoms with van der Waals surface area (Å²) in [7, 11) is 0. The van der Waals surface area contributed by atoms with Crippen molar-refractivity contribution in [2.45, 2.75) is 0 Å². The third-order valence-corrected chi connectivity index (χ3v) is 0. The van der Waals surface area contributed by atoms with Crippen molar-refractivity contribution >= 4 is 52.7 Å². The molecule has 6 heteroatoms. The molecule has 42 valence electrons. The Kier molecular flexibility index (Phi) is 57.3. The van der Waals surface area contributed by atoms with Crippen molar-refractivity contribution in [3.63, 3.8) is 0 Å². The zero-order valence-corrected chi connectivity index (χ0v) is 4.63. The Balaban J connectivity index is -0.0000000150. The van der Waals surface area contributed by atoms with E-state index < -0.39 is 6.16 Å². The van der Waals surface area contributed by atoms with Crippen LogP contribution in [0, 0.1) is 0 Å². The molecule has 0 rings (SSSR count). The second-order valence-corrected chi connectivity index (χ2v) is 0.283. The Hall–Kier alpha value is 0.710. The standard InChI is InChI=1S/CH2O3.BrH.H3N.Na.H/c2-1(3)4;;;;/h(H2,2,3,4);1H;1H3;;. The molecular weight excluding hydrogens is 177 g/mol. The third-order valence-electron chi connectivity index (χ3n) is 0. The summed E-state index contributed by atoms with van der Waals surface area (Å²) < 4.78 is 0. The summed E-state index contributed by atoms with van der Waals surface area (Å²) in [6, 6.07) is 0. The van der Waals surface area contributed by atoms with Gasteiger partial charge >= 0.3 is 35.7 Å². The zero-order chi connectivity index (χ0) is 3.58. The van der Waals surface area contributed by atoms with E-state index in [1.54, 1.807) is 0 Å². The fourth-order valence-corrected chi connectivity index (χ4v) is 0. The molecule has 0 atom stereocenters. The molecule has 5 N–H and O–H groups in total. The number of carbonyl (C=O) groups is 1. The molecular formula is CH7BrNNaO3. The molecule has 0 saturated heterocycles. The Morgan fingerprint density at radius 2 is 1.29 bits per heavy atom. The van der Waals surface area contributed by atoms with E-state index in [9.17, 15) is 0 Å². The molecule has 7 heavy (non-hydrogen) atoms. The summed E-state index contributed by atoms with van der Waals surface area (Å²) in [4.78, 5) is 8.56. The van der Waals surface area contributed by atoms with E-state index >= 15 is 0 Å². The average molecular weight is 184 g/mol. The molecule has 0 aliphatic rings. The number of halogens is 1. The summed E-state index contributed by atoms with van der Waals surface area (Å²) in [6.45, 7) is 0. The van der Waals surface area contributed by atoms with Gasteiger partial charge in [-0.2, -0.15) is 0 Å². The van der Waals surface area contributed by atoms with Crippen molar-refractivity contribution in [3.8, 4) is 0 Å². The van der Waals surface area contributed by atoms with Gasteiger partial charge in [-0.1, -0.05) is 0 Å². The molecule has 0 aromatic carbocycles. The number of carboxylic acid groups (broad SMARTS) is 2. The molecule has 0 radical (unpaired) electrons. The van der Waals surface area contributed by atoms with Crippen molar-refractivity contribution in [2.24, 2.45) is 0 Å². The van der Waals surface area contributed by atoms with E-state index in [1.165, 1.54) is 0 Å². The Labute approximate surface area is 73.6 Å². The second-order valence-electron chi connectivity index (χ2n) is 0.283. The molecule has 4 nitrogen and oxygen atoms in total. The fourth-order valence-electron chi connectivity index (χ4n) is 0. The van der Waals surface area contributed by atoms with Crippen LogP contribution in [0.15, 0.2) is 0 Å². The van der Waals surface area contributed by atoms with Gasteiger partial charge in [0, 0.05) is 0 Å². The van der Waals surface area contributed by atoms with Crippen molar-refractivity contribution in [2.75, 3.05) is 0 Å². The third kappa shape index (κ3) is 295. The van der Waals surface area contributed by atoms with Crippen molar-refractivity contribution < 1.29 is 15.0 Å². The van der Waals surface area contributed by atoms with Crippen molar-refractivity contribution in [1.82, 2.24) is 6.15 Å². The molecule has 0 bridgehead atoms. The molecule has 0 unspecified atom stereocenters. The molecule has 0 aromatic heterocycles. The maximum atomic E-state index is 8.56. The van der Waals surface area contributed by atoms with Gasteiger partial charge in [0.1, 0.15) is 0 Å². The first-order valence-electron chi connectivity index (χ1n) is 0.651. The maximum absolute atomic E-state index is 8.56. The molecule has 0 heterocycles. The minimum absolute atomic E-state index is 0. The quantitative estimate of drug-likeness (QED) is 0.472. The van der Waals surface area contributed by atoms with Gasteiger partial charge in [-0.05, 0) is 0 Å². The summed E-state index contributed by atoms with van der Waals surface area (Å²) in [5, 5.41) is 13.9. The van der Waals surface area contributed by atoms with Crippen LogP contribution in [-0.2, 0) is 0 Å². The molecule has 0 saturated carbocycles. The van der Waals surface area contributed by atoms with E-state index in [0.29, 0.717) is 0 Å². The van der Waals surface area contributed by atoms with Gasteiger partial charge in [0.2, 0.25) is 0 Å². The van der Waals surface area contributed by atoms with Crippen LogP contribution in [0.4, 0.5) is 4.79 Å². The van der Waals surface area contributed by atoms with Crippen LogP contribution in [0.25, 0.3) is 0 Å². The van der Waals surface area contributed by atoms with Gasteiger partial charge in [-0.3, -0.25) is 0 Å². The van der Waals surface area contributed by atoms with Crippen LogP contribution in [0.1, 0.15) is 0 Å². The predicted molar refractivity (Wildman–Crippen MR) is 33.1 cm³/mol. The SMILES string of the molecule is Br.N.O=C(O)O.[NaH]. The van der Waals surface area contributed by atoms with Crippen LogP contribution in [0.3, 0.4) is 0 Å². The first-order chi connectivity index (χ1) is 1.73. The van der Waals surface area contributed by atoms with Gasteiger partial charge in [0.15, 0.2) is 0 Å². The van der Waals surface area contributed by atoms with Crippen molar-refractivity contribution in [1.29, 1.82) is 0 Å². The Morgan fingerprint density at radius 3 is 1.29 bits per heavy atom. The average Bonchev–Trinajstić information content (AvgIpc) is 0.811. The van der Waals surface area contributed by atoms with E-state index in [2.05, 4.69) is 0 Å². The molecule has 0 aromatic rings. The van der Waals surface area contributed by atoms with Gasteiger partial charge in [-0.15, -0.1) is 17.0 Å². The first kappa shape index (κ1) is 25.2. The van der Waals surface area contributed by atoms with Crippen LogP contribution < -0.4 is 6.15 Å². The zero-order valence-electron chi connectivity index (χ0n) is 2.92. The minimum atomic E-state index is -1.83. The monoisotopic (exact) mass is 183 g/mol. The fraction of sp³-hybridized carbons (Fsp3) is 0. The molecule has 0 spiro atoms. The van der Waals surface area contributed by atoms with E-state index in [4.69, 9.17) is 15.0 Å². The van der Waals surface area contributed by atoms with Crippen molar-refractivity contribution in [3.05, 3.63) is 0 Å². The number of hydrogen-bond donors (Lipinski definition) is 3. The molecule has 0 aliphatic carbocycles. The van der Waals surface area contributed by atoms with Crippen LogP contribution in [0.5, 0.6) is 0 Å². The summed E-state index contributed by atoms with van der Waals surface area (Å²) in [5.74, 6) is 0. The summed E-state index contributed by atoms with van der Waals surface area (Å²) in [5.41, 5.74) is 0. The molecule has 0 fully saturated rings. The predicted octanol–water partition coefficient (Wildman–Crippen LogP) is 0.314. The van der Waals surface area contributed by atoms with E-state index in [0.717, 1.165) is 0 Å². The van der Waals surface area contributed by atoms with Crippen LogP contribution >= 0.6 is 17.0 Å². The summed E-state index contributed by atoms with van der Waals surface area (Å²) in [6.07, 6.45) is -1.83. The Morgan fingerprint density at radius 1 is 1.29 bits per heavy atom. The van der Waals surface area contributed by atoms with Gasteiger partial charge in [0.05, 0.1) is 0 Å². The molecule has 0 amide bonds. The van der Waals surface area contributed by atoms with Crippen LogP contribution in [0.2, 0.25) is 0 Å². The Bertz CT molecular complexity index is 37.9. The van der Waals surface area contributed by atoms with Crippen LogP contribution in [-0.4, -0.2) is 45.9 Å². The summed E-state index contributed by atoms with van der Waals surface area (Å²) >= 11 is 0. The van der Waals surface area contributed by atoms with Gasteiger partial charge in [0.25, 0.3) is 0 Å². The second kappa shape index (κ2) is 15.9. The first-order valence-corrected chi connectivity index (χ1v) is 0.651. The topological polar surface area (TPSA) is 92.5 Å². The van der Waals surface area contributed by atoms with E-state index in [1.807, 2.05) is 0 Å². The number of rotatable bonds is 0. The normalized spacial score (nSPS) is 3.43. The van der Waals surface area contributed by atoms with Gasteiger partial charge < -0.3 is 16.4 Å². The number of hydrogen-bond acceptors (Lipinski definition) is 2. The van der Waals surface area contributed by atoms with Gasteiger partial charge in [-0.25, -0.2) is 4.79 Å². The molecule has 0 aliphatic heterocycles.